The van der Waals surface area contributed by atoms with Gasteiger partial charge in [0, 0.05) is 44.7 Å². The summed E-state index contributed by atoms with van der Waals surface area (Å²) in [6.07, 6.45) is 1.83. The van der Waals surface area contributed by atoms with E-state index in [0.29, 0.717) is 5.92 Å². The lowest BCUT2D eigenvalue weighted by Gasteiger charge is -2.19. The predicted octanol–water partition coefficient (Wildman–Crippen LogP) is 2.49. The van der Waals surface area contributed by atoms with E-state index in [9.17, 15) is 4.79 Å². The third-order valence-corrected chi connectivity index (χ3v) is 4.40. The zero-order valence-electron chi connectivity index (χ0n) is 13.7. The third kappa shape index (κ3) is 3.96. The number of carbonyl (C=O) groups excluding carboxylic acids is 1. The van der Waals surface area contributed by atoms with E-state index >= 15 is 0 Å². The van der Waals surface area contributed by atoms with Crippen LogP contribution < -0.4 is 5.32 Å². The average molecular weight is 309 g/mol. The van der Waals surface area contributed by atoms with Crippen molar-refractivity contribution in [3.8, 4) is 0 Å². The van der Waals surface area contributed by atoms with Gasteiger partial charge >= 0.3 is 0 Å². The van der Waals surface area contributed by atoms with Gasteiger partial charge in [0.1, 0.15) is 0 Å². The summed E-state index contributed by atoms with van der Waals surface area (Å²) in [5.74, 6) is 0.356. The van der Waals surface area contributed by atoms with Crippen LogP contribution in [0.2, 0.25) is 0 Å². The SMILES string of the molecule is CC(=O)N[C@@H]1CN(Cc2ccccn2)C[C@H]1c1ccc(C)cc1. The molecule has 1 N–H and O–H groups in total. The fourth-order valence-electron chi connectivity index (χ4n) is 3.29. The first-order valence-electron chi connectivity index (χ1n) is 8.08. The Bertz CT molecular complexity index is 654. The zero-order valence-corrected chi connectivity index (χ0v) is 13.7. The summed E-state index contributed by atoms with van der Waals surface area (Å²) in [4.78, 5) is 18.3. The molecule has 1 aliphatic heterocycles. The summed E-state index contributed by atoms with van der Waals surface area (Å²) in [6.45, 7) is 6.29. The monoisotopic (exact) mass is 309 g/mol. The van der Waals surface area contributed by atoms with Gasteiger partial charge in [-0.15, -0.1) is 0 Å². The molecule has 1 amide bonds. The van der Waals surface area contributed by atoms with Crippen molar-refractivity contribution in [1.29, 1.82) is 0 Å². The van der Waals surface area contributed by atoms with Crippen molar-refractivity contribution in [2.24, 2.45) is 0 Å². The lowest BCUT2D eigenvalue weighted by molar-refractivity contribution is -0.119. The first kappa shape index (κ1) is 15.7. The average Bonchev–Trinajstić information content (AvgIpc) is 2.90. The zero-order chi connectivity index (χ0) is 16.2. The molecule has 2 heterocycles. The number of carbonyl (C=O) groups is 1. The van der Waals surface area contributed by atoms with Crippen LogP contribution in [0.4, 0.5) is 0 Å². The number of likely N-dealkylation sites (tertiary alicyclic amines) is 1. The standard InChI is InChI=1S/C19H23N3O/c1-14-6-8-16(9-7-14)18-12-22(13-19(18)21-15(2)23)11-17-5-3-4-10-20-17/h3-10,18-19H,11-13H2,1-2H3,(H,21,23)/t18-,19+/m0/s1. The van der Waals surface area contributed by atoms with Crippen molar-refractivity contribution in [1.82, 2.24) is 15.2 Å². The predicted molar refractivity (Wildman–Crippen MR) is 91.0 cm³/mol. The van der Waals surface area contributed by atoms with Gasteiger partial charge in [0.2, 0.25) is 5.91 Å². The Balaban J connectivity index is 1.76. The molecule has 4 heteroatoms. The number of rotatable bonds is 4. The topological polar surface area (TPSA) is 45.2 Å². The van der Waals surface area contributed by atoms with E-state index in [1.807, 2.05) is 24.4 Å². The van der Waals surface area contributed by atoms with E-state index < -0.39 is 0 Å². The molecule has 1 aromatic heterocycles. The number of aryl methyl sites for hydroxylation is 1. The van der Waals surface area contributed by atoms with Crippen LogP contribution in [0.25, 0.3) is 0 Å². The first-order chi connectivity index (χ1) is 11.1. The van der Waals surface area contributed by atoms with Gasteiger partial charge in [-0.1, -0.05) is 35.9 Å². The van der Waals surface area contributed by atoms with Crippen LogP contribution in [0, 0.1) is 6.92 Å². The number of hydrogen-bond acceptors (Lipinski definition) is 3. The van der Waals surface area contributed by atoms with Crippen molar-refractivity contribution in [2.45, 2.75) is 32.4 Å². The molecule has 1 saturated heterocycles. The first-order valence-corrected chi connectivity index (χ1v) is 8.08. The Morgan fingerprint density at radius 3 is 2.65 bits per heavy atom. The van der Waals surface area contributed by atoms with Gasteiger partial charge in [-0.2, -0.15) is 0 Å². The van der Waals surface area contributed by atoms with E-state index in [0.717, 1.165) is 25.3 Å². The van der Waals surface area contributed by atoms with Crippen LogP contribution in [0.15, 0.2) is 48.7 Å². The number of pyridine rings is 1. The van der Waals surface area contributed by atoms with Crippen molar-refractivity contribution < 1.29 is 4.79 Å². The van der Waals surface area contributed by atoms with E-state index in [4.69, 9.17) is 0 Å². The maximum atomic E-state index is 11.6. The second kappa shape index (κ2) is 6.92. The van der Waals surface area contributed by atoms with Gasteiger partial charge in [-0.3, -0.25) is 14.7 Å². The molecule has 120 valence electrons. The van der Waals surface area contributed by atoms with Gasteiger partial charge in [0.05, 0.1) is 5.69 Å². The summed E-state index contributed by atoms with van der Waals surface area (Å²) >= 11 is 0. The highest BCUT2D eigenvalue weighted by molar-refractivity contribution is 5.73. The molecule has 1 aliphatic rings. The molecule has 0 bridgehead atoms. The fourth-order valence-corrected chi connectivity index (χ4v) is 3.29. The molecule has 0 spiro atoms. The Morgan fingerprint density at radius 1 is 1.22 bits per heavy atom. The Morgan fingerprint density at radius 2 is 2.00 bits per heavy atom. The van der Waals surface area contributed by atoms with Gasteiger partial charge in [0.15, 0.2) is 0 Å². The Labute approximate surface area is 137 Å². The van der Waals surface area contributed by atoms with E-state index in [1.165, 1.54) is 11.1 Å². The Kier molecular flexibility index (Phi) is 4.72. The molecule has 1 aromatic carbocycles. The van der Waals surface area contributed by atoms with Crippen LogP contribution >= 0.6 is 0 Å². The van der Waals surface area contributed by atoms with Crippen LogP contribution in [0.3, 0.4) is 0 Å². The summed E-state index contributed by atoms with van der Waals surface area (Å²) in [7, 11) is 0. The quantitative estimate of drug-likeness (QED) is 0.944. The largest absolute Gasteiger partial charge is 0.352 e. The van der Waals surface area contributed by atoms with Crippen molar-refractivity contribution in [2.75, 3.05) is 13.1 Å². The lowest BCUT2D eigenvalue weighted by Crippen LogP contribution is -2.38. The molecule has 3 rings (SSSR count). The fraction of sp³-hybridized carbons (Fsp3) is 0.368. The summed E-state index contributed by atoms with van der Waals surface area (Å²) in [5.41, 5.74) is 3.62. The van der Waals surface area contributed by atoms with E-state index in [-0.39, 0.29) is 11.9 Å². The Hall–Kier alpha value is -2.20. The second-order valence-electron chi connectivity index (χ2n) is 6.34. The molecule has 2 atom stereocenters. The minimum absolute atomic E-state index is 0.0341. The third-order valence-electron chi connectivity index (χ3n) is 4.40. The molecule has 0 unspecified atom stereocenters. The van der Waals surface area contributed by atoms with Crippen LogP contribution in [-0.4, -0.2) is 34.9 Å². The molecule has 4 nitrogen and oxygen atoms in total. The molecule has 0 saturated carbocycles. The number of amides is 1. The second-order valence-corrected chi connectivity index (χ2v) is 6.34. The molecular weight excluding hydrogens is 286 g/mol. The molecule has 1 fully saturated rings. The number of benzene rings is 1. The molecule has 2 aromatic rings. The van der Waals surface area contributed by atoms with Crippen molar-refractivity contribution in [3.05, 3.63) is 65.5 Å². The van der Waals surface area contributed by atoms with Gasteiger partial charge < -0.3 is 5.32 Å². The van der Waals surface area contributed by atoms with Crippen LogP contribution in [0.5, 0.6) is 0 Å². The molecule has 23 heavy (non-hydrogen) atoms. The van der Waals surface area contributed by atoms with E-state index in [2.05, 4.69) is 46.4 Å². The number of aromatic nitrogens is 1. The van der Waals surface area contributed by atoms with Gasteiger partial charge in [-0.25, -0.2) is 0 Å². The van der Waals surface area contributed by atoms with Crippen molar-refractivity contribution >= 4 is 5.91 Å². The highest BCUT2D eigenvalue weighted by Crippen LogP contribution is 2.28. The maximum Gasteiger partial charge on any atom is 0.217 e. The highest BCUT2D eigenvalue weighted by Gasteiger charge is 2.34. The normalized spacial score (nSPS) is 21.3. The number of hydrogen-bond donors (Lipinski definition) is 1. The molecular formula is C19H23N3O. The number of nitrogens with zero attached hydrogens (tertiary/aromatic N) is 2. The smallest absolute Gasteiger partial charge is 0.217 e. The minimum atomic E-state index is 0.0341. The number of nitrogens with one attached hydrogen (secondary N) is 1. The molecule has 0 aliphatic carbocycles. The van der Waals surface area contributed by atoms with Crippen LogP contribution in [-0.2, 0) is 11.3 Å². The summed E-state index contributed by atoms with van der Waals surface area (Å²) in [6, 6.07) is 14.8. The minimum Gasteiger partial charge on any atom is -0.352 e. The van der Waals surface area contributed by atoms with Crippen LogP contribution in [0.1, 0.15) is 29.7 Å². The van der Waals surface area contributed by atoms with E-state index in [1.54, 1.807) is 6.92 Å². The lowest BCUT2D eigenvalue weighted by atomic mass is 9.93. The highest BCUT2D eigenvalue weighted by atomic mass is 16.1. The molecule has 0 radical (unpaired) electrons. The summed E-state index contributed by atoms with van der Waals surface area (Å²) in [5, 5.41) is 3.12. The summed E-state index contributed by atoms with van der Waals surface area (Å²) < 4.78 is 0. The van der Waals surface area contributed by atoms with Gasteiger partial charge in [-0.05, 0) is 24.6 Å². The maximum absolute atomic E-state index is 11.6. The van der Waals surface area contributed by atoms with Crippen molar-refractivity contribution in [3.63, 3.8) is 0 Å². The van der Waals surface area contributed by atoms with Gasteiger partial charge in [0.25, 0.3) is 0 Å².